The molecule has 0 fully saturated rings. The zero-order valence-corrected chi connectivity index (χ0v) is 38.7. The Bertz CT molecular complexity index is 2490. The molecule has 0 saturated carbocycles. The molecule has 330 valence electrons. The molecule has 0 spiro atoms. The highest BCUT2D eigenvalue weighted by atomic mass is 32.2. The van der Waals surface area contributed by atoms with Crippen LogP contribution >= 0.6 is 23.5 Å². The Morgan fingerprint density at radius 2 is 1.03 bits per heavy atom. The highest BCUT2D eigenvalue weighted by Crippen LogP contribution is 2.48. The monoisotopic (exact) mass is 892 g/mol. The lowest BCUT2D eigenvalue weighted by atomic mass is 10.1. The summed E-state index contributed by atoms with van der Waals surface area (Å²) in [5.41, 5.74) is 13.2. The van der Waals surface area contributed by atoms with Crippen LogP contribution < -0.4 is 35.3 Å². The molecule has 0 unspecified atom stereocenters. The number of nitrogens with two attached hydrogens (primary N) is 1. The van der Waals surface area contributed by atoms with E-state index in [1.165, 1.54) is 64.2 Å². The first-order chi connectivity index (χ1) is 31.4. The molecule has 64 heavy (non-hydrogen) atoms. The topological polar surface area (TPSA) is 102 Å². The van der Waals surface area contributed by atoms with Crippen LogP contribution in [0.5, 0.6) is 0 Å². The van der Waals surface area contributed by atoms with Crippen LogP contribution in [0.1, 0.15) is 49.7 Å². The summed E-state index contributed by atoms with van der Waals surface area (Å²) in [6, 6.07) is 38.5. The molecule has 0 saturated heterocycles. The van der Waals surface area contributed by atoms with Crippen LogP contribution in [0.3, 0.4) is 0 Å². The molecule has 0 aliphatic carbocycles. The number of aryl methyl sites for hydroxylation is 2. The van der Waals surface area contributed by atoms with Gasteiger partial charge in [-0.05, 0) is 85.4 Å². The zero-order chi connectivity index (χ0) is 44.3. The smallest absolute Gasteiger partial charge is 0.220 e. The number of carbonyl (C=O) groups is 2. The van der Waals surface area contributed by atoms with Crippen molar-refractivity contribution in [1.29, 1.82) is 0 Å². The third kappa shape index (κ3) is 11.0. The molecule has 12 heteroatoms. The van der Waals surface area contributed by atoms with Gasteiger partial charge in [0.1, 0.15) is 14.1 Å². The zero-order valence-electron chi connectivity index (χ0n) is 37.0. The molecule has 6 aromatic rings. The van der Waals surface area contributed by atoms with Crippen LogP contribution in [0.4, 0.5) is 11.4 Å². The third-order valence-corrected chi connectivity index (χ3v) is 14.2. The number of aromatic nitrogens is 2. The molecular formula is C52H60N8O2S2+2. The number of carbonyl (C=O) groups excluding carboxylic acids is 2. The van der Waals surface area contributed by atoms with Gasteiger partial charge in [-0.15, -0.1) is 0 Å². The summed E-state index contributed by atoms with van der Waals surface area (Å²) in [5, 5.41) is 11.1. The summed E-state index contributed by atoms with van der Waals surface area (Å²) in [5.74, 6) is 0.135. The van der Waals surface area contributed by atoms with Gasteiger partial charge >= 0.3 is 0 Å². The molecule has 0 atom stereocenters. The largest absolute Gasteiger partial charge is 0.355 e. The number of unbranched alkanes of at least 4 members (excludes halogenated alkanes) is 2. The Labute approximate surface area is 386 Å². The normalized spacial score (nSPS) is 14.6. The first-order valence-corrected chi connectivity index (χ1v) is 24.2. The van der Waals surface area contributed by atoms with E-state index in [4.69, 9.17) is 5.73 Å². The number of hydrogen-bond acceptors (Lipinski definition) is 8. The van der Waals surface area contributed by atoms with Crippen LogP contribution in [0.25, 0.3) is 34.0 Å². The number of para-hydroxylation sites is 4. The number of rotatable bonds is 20. The second-order valence-corrected chi connectivity index (χ2v) is 18.6. The average molecular weight is 893 g/mol. The lowest BCUT2D eigenvalue weighted by Gasteiger charge is -2.22. The third-order valence-electron chi connectivity index (χ3n) is 12.0. The van der Waals surface area contributed by atoms with Gasteiger partial charge in [0, 0.05) is 99.3 Å². The van der Waals surface area contributed by atoms with Gasteiger partial charge in [0.05, 0.1) is 32.2 Å². The molecule has 2 amide bonds. The molecule has 10 nitrogen and oxygen atoms in total. The molecule has 2 aliphatic heterocycles. The van der Waals surface area contributed by atoms with E-state index in [-0.39, 0.29) is 11.8 Å². The lowest BCUT2D eigenvalue weighted by Crippen LogP contribution is -2.41. The van der Waals surface area contributed by atoms with Gasteiger partial charge in [0.2, 0.25) is 22.8 Å². The number of nitrogens with one attached hydrogen (secondary N) is 2. The molecular weight excluding hydrogens is 833 g/mol. The van der Waals surface area contributed by atoms with Crippen molar-refractivity contribution in [3.05, 3.63) is 143 Å². The van der Waals surface area contributed by atoms with Gasteiger partial charge in [-0.3, -0.25) is 14.5 Å². The summed E-state index contributed by atoms with van der Waals surface area (Å²) in [7, 11) is 4.16. The van der Waals surface area contributed by atoms with Crippen molar-refractivity contribution >= 4 is 80.7 Å². The number of pyridine rings is 2. The maximum absolute atomic E-state index is 12.9. The maximum Gasteiger partial charge on any atom is 0.220 e. The van der Waals surface area contributed by atoms with Gasteiger partial charge in [0.15, 0.2) is 12.4 Å². The van der Waals surface area contributed by atoms with Crippen LogP contribution in [0.2, 0.25) is 0 Å². The quantitative estimate of drug-likeness (QED) is 0.0524. The van der Waals surface area contributed by atoms with Gasteiger partial charge < -0.3 is 26.2 Å². The van der Waals surface area contributed by atoms with E-state index >= 15 is 0 Å². The number of fused-ring (bicyclic) bond motifs is 4. The van der Waals surface area contributed by atoms with Crippen molar-refractivity contribution in [2.45, 2.75) is 48.3 Å². The lowest BCUT2D eigenvalue weighted by molar-refractivity contribution is -0.645. The fourth-order valence-electron chi connectivity index (χ4n) is 8.59. The predicted molar refractivity (Wildman–Crippen MR) is 265 cm³/mol. The number of amides is 2. The first-order valence-electron chi connectivity index (χ1n) is 22.6. The summed E-state index contributed by atoms with van der Waals surface area (Å²) in [4.78, 5) is 35.4. The highest BCUT2D eigenvalue weighted by molar-refractivity contribution is 8.04. The summed E-state index contributed by atoms with van der Waals surface area (Å²) < 4.78 is 4.32. The van der Waals surface area contributed by atoms with Crippen LogP contribution in [-0.4, -0.2) is 69.1 Å². The number of benzene rings is 4. The van der Waals surface area contributed by atoms with Gasteiger partial charge in [0.25, 0.3) is 0 Å². The van der Waals surface area contributed by atoms with Crippen molar-refractivity contribution in [2.75, 3.05) is 62.2 Å². The minimum atomic E-state index is 0.0676. The standard InChI is InChI=1S/C52H58N8O2S2/c1-56-32-25-39(41-15-3-5-17-43(41)56)37-51-59(45-19-7-9-21-47(45)63-51)30-13-11-23-49(61)54-28-35-58(34-27-53)36-29-55-50(62)24-12-14-31-60-46-20-8-10-22-48(46)64-52(60)38-40-26-33-57(2)44-18-6-4-16-42(40)44/h3-10,15-22,25-26,32-33,37-38H,11-14,23-24,27-31,34-36,53H2,1-2H3/p+2. The van der Waals surface area contributed by atoms with E-state index in [2.05, 4.69) is 182 Å². The van der Waals surface area contributed by atoms with E-state index < -0.39 is 0 Å². The highest BCUT2D eigenvalue weighted by Gasteiger charge is 2.26. The summed E-state index contributed by atoms with van der Waals surface area (Å²) in [6.07, 6.45) is 13.2. The van der Waals surface area contributed by atoms with E-state index in [0.717, 1.165) is 38.8 Å². The maximum atomic E-state index is 12.9. The minimum absolute atomic E-state index is 0.0676. The Kier molecular flexibility index (Phi) is 15.3. The number of hydrogen-bond donors (Lipinski definition) is 3. The SMILES string of the molecule is C[n+]1ccc(C=C2Sc3ccccc3N2CCCCC(=O)NCCN(CCN)CCNC(=O)CCCCN2C(=Cc3cc[n+](C)c4ccccc34)Sc3ccccc32)c2ccccc21. The predicted octanol–water partition coefficient (Wildman–Crippen LogP) is 8.00. The van der Waals surface area contributed by atoms with E-state index in [1.54, 1.807) is 0 Å². The molecule has 0 bridgehead atoms. The van der Waals surface area contributed by atoms with Gasteiger partial charge in [-0.1, -0.05) is 72.1 Å². The van der Waals surface area contributed by atoms with Crippen LogP contribution in [-0.2, 0) is 23.7 Å². The Balaban J connectivity index is 0.745. The van der Waals surface area contributed by atoms with Crippen molar-refractivity contribution in [1.82, 2.24) is 15.5 Å². The molecule has 2 aliphatic rings. The van der Waals surface area contributed by atoms with Gasteiger partial charge in [-0.2, -0.15) is 0 Å². The van der Waals surface area contributed by atoms with Gasteiger partial charge in [-0.25, -0.2) is 9.13 Å². The fraction of sp³-hybridized carbons (Fsp3) is 0.308. The Morgan fingerprint density at radius 1 is 0.594 bits per heavy atom. The number of anilines is 2. The molecule has 8 rings (SSSR count). The Hall–Kier alpha value is -5.66. The van der Waals surface area contributed by atoms with Crippen LogP contribution in [0.15, 0.2) is 141 Å². The van der Waals surface area contributed by atoms with Crippen molar-refractivity contribution in [3.8, 4) is 0 Å². The van der Waals surface area contributed by atoms with Crippen molar-refractivity contribution in [2.24, 2.45) is 19.8 Å². The summed E-state index contributed by atoms with van der Waals surface area (Å²) >= 11 is 3.62. The van der Waals surface area contributed by atoms with Crippen molar-refractivity contribution < 1.29 is 18.7 Å². The van der Waals surface area contributed by atoms with Crippen molar-refractivity contribution in [3.63, 3.8) is 0 Å². The van der Waals surface area contributed by atoms with E-state index in [0.29, 0.717) is 52.1 Å². The number of thioether (sulfide) groups is 2. The van der Waals surface area contributed by atoms with E-state index in [9.17, 15) is 9.59 Å². The molecule has 2 aromatic heterocycles. The number of nitrogens with zero attached hydrogens (tertiary/aromatic N) is 5. The molecule has 4 N–H and O–H groups in total. The Morgan fingerprint density at radius 3 is 1.50 bits per heavy atom. The fourth-order valence-corrected chi connectivity index (χ4v) is 10.9. The molecule has 4 heterocycles. The minimum Gasteiger partial charge on any atom is -0.355 e. The second-order valence-electron chi connectivity index (χ2n) is 16.5. The first kappa shape index (κ1) is 44.9. The van der Waals surface area contributed by atoms with Crippen LogP contribution in [0, 0.1) is 0 Å². The molecule has 0 radical (unpaired) electrons. The summed E-state index contributed by atoms with van der Waals surface area (Å²) in [6.45, 7) is 5.37. The average Bonchev–Trinajstić information content (AvgIpc) is 3.85. The van der Waals surface area contributed by atoms with E-state index in [1.807, 2.05) is 23.5 Å². The second kappa shape index (κ2) is 21.8. The molecule has 4 aromatic carbocycles.